The van der Waals surface area contributed by atoms with Crippen LogP contribution in [0.1, 0.15) is 40.5 Å². The van der Waals surface area contributed by atoms with E-state index in [1.807, 2.05) is 0 Å². The highest BCUT2D eigenvalue weighted by molar-refractivity contribution is 5.75. The molecular weight excluding hydrogens is 202 g/mol. The molecular formula is C12H27N3O. The standard InChI is InChI=1S/C12H27N3O/c1-10(2)15(11(3)4)9-8-14-12(16)6-5-7-13/h10-11H,5-9,13H2,1-4H3,(H,14,16). The number of rotatable bonds is 8. The summed E-state index contributed by atoms with van der Waals surface area (Å²) in [5.74, 6) is 0.109. The number of nitrogens with two attached hydrogens (primary N) is 1. The van der Waals surface area contributed by atoms with E-state index in [1.165, 1.54) is 0 Å². The van der Waals surface area contributed by atoms with Crippen LogP contribution in [0.2, 0.25) is 0 Å². The second-order valence-electron chi connectivity index (χ2n) is 4.67. The summed E-state index contributed by atoms with van der Waals surface area (Å²) >= 11 is 0. The van der Waals surface area contributed by atoms with Gasteiger partial charge >= 0.3 is 0 Å². The van der Waals surface area contributed by atoms with Gasteiger partial charge in [0.1, 0.15) is 0 Å². The number of carbonyl (C=O) groups excluding carboxylic acids is 1. The summed E-state index contributed by atoms with van der Waals surface area (Å²) in [7, 11) is 0. The fourth-order valence-electron chi connectivity index (χ4n) is 1.79. The fourth-order valence-corrected chi connectivity index (χ4v) is 1.79. The van der Waals surface area contributed by atoms with Gasteiger partial charge in [0.15, 0.2) is 0 Å². The minimum absolute atomic E-state index is 0.109. The van der Waals surface area contributed by atoms with Crippen LogP contribution in [-0.4, -0.2) is 42.5 Å². The average molecular weight is 229 g/mol. The van der Waals surface area contributed by atoms with E-state index in [0.717, 1.165) is 19.5 Å². The van der Waals surface area contributed by atoms with E-state index in [0.29, 0.717) is 25.0 Å². The highest BCUT2D eigenvalue weighted by Crippen LogP contribution is 2.03. The zero-order valence-corrected chi connectivity index (χ0v) is 11.1. The Kier molecular flexibility index (Phi) is 8.21. The lowest BCUT2D eigenvalue weighted by Gasteiger charge is -2.30. The molecule has 0 bridgehead atoms. The molecule has 1 amide bonds. The van der Waals surface area contributed by atoms with Gasteiger partial charge in [0.25, 0.3) is 0 Å². The van der Waals surface area contributed by atoms with Gasteiger partial charge in [0.2, 0.25) is 5.91 Å². The molecule has 0 atom stereocenters. The maximum absolute atomic E-state index is 11.3. The number of hydrogen-bond acceptors (Lipinski definition) is 3. The van der Waals surface area contributed by atoms with Gasteiger partial charge in [0, 0.05) is 31.6 Å². The third kappa shape index (κ3) is 6.80. The summed E-state index contributed by atoms with van der Waals surface area (Å²) in [6, 6.07) is 1.03. The summed E-state index contributed by atoms with van der Waals surface area (Å²) in [4.78, 5) is 13.7. The molecule has 4 nitrogen and oxygen atoms in total. The van der Waals surface area contributed by atoms with Crippen LogP contribution < -0.4 is 11.1 Å². The number of hydrogen-bond donors (Lipinski definition) is 2. The average Bonchev–Trinajstić information content (AvgIpc) is 2.20. The van der Waals surface area contributed by atoms with Crippen molar-refractivity contribution in [1.82, 2.24) is 10.2 Å². The molecule has 4 heteroatoms. The minimum Gasteiger partial charge on any atom is -0.355 e. The zero-order chi connectivity index (χ0) is 12.6. The molecule has 0 aliphatic rings. The minimum atomic E-state index is 0.109. The first-order valence-electron chi connectivity index (χ1n) is 6.21. The van der Waals surface area contributed by atoms with Crippen LogP contribution in [0.4, 0.5) is 0 Å². The molecule has 0 aromatic rings. The molecule has 3 N–H and O–H groups in total. The van der Waals surface area contributed by atoms with Crippen LogP contribution in [0.5, 0.6) is 0 Å². The zero-order valence-electron chi connectivity index (χ0n) is 11.1. The second-order valence-corrected chi connectivity index (χ2v) is 4.67. The monoisotopic (exact) mass is 229 g/mol. The number of amides is 1. The van der Waals surface area contributed by atoms with E-state index >= 15 is 0 Å². The molecule has 0 spiro atoms. The van der Waals surface area contributed by atoms with Gasteiger partial charge in [-0.05, 0) is 40.7 Å². The van der Waals surface area contributed by atoms with E-state index in [9.17, 15) is 4.79 Å². The Morgan fingerprint density at radius 2 is 1.81 bits per heavy atom. The van der Waals surface area contributed by atoms with Crippen LogP contribution in [0.3, 0.4) is 0 Å². The molecule has 0 radical (unpaired) electrons. The lowest BCUT2D eigenvalue weighted by Crippen LogP contribution is -2.42. The third-order valence-corrected chi connectivity index (χ3v) is 2.63. The van der Waals surface area contributed by atoms with E-state index in [4.69, 9.17) is 5.73 Å². The molecule has 16 heavy (non-hydrogen) atoms. The molecule has 0 aromatic heterocycles. The van der Waals surface area contributed by atoms with Crippen LogP contribution >= 0.6 is 0 Å². The van der Waals surface area contributed by atoms with Crippen LogP contribution in [0.15, 0.2) is 0 Å². The van der Waals surface area contributed by atoms with Crippen molar-refractivity contribution in [3.05, 3.63) is 0 Å². The fraction of sp³-hybridized carbons (Fsp3) is 0.917. The number of carbonyl (C=O) groups is 1. The van der Waals surface area contributed by atoms with Gasteiger partial charge in [-0.1, -0.05) is 0 Å². The topological polar surface area (TPSA) is 58.4 Å². The van der Waals surface area contributed by atoms with Gasteiger partial charge in [-0.2, -0.15) is 0 Å². The number of nitrogens with zero attached hydrogens (tertiary/aromatic N) is 1. The van der Waals surface area contributed by atoms with E-state index in [1.54, 1.807) is 0 Å². The molecule has 0 saturated heterocycles. The Labute approximate surface area is 99.6 Å². The highest BCUT2D eigenvalue weighted by Gasteiger charge is 2.12. The summed E-state index contributed by atoms with van der Waals surface area (Å²) < 4.78 is 0. The molecule has 0 fully saturated rings. The Morgan fingerprint density at radius 1 is 1.25 bits per heavy atom. The molecule has 0 heterocycles. The summed E-state index contributed by atoms with van der Waals surface area (Å²) in [5, 5.41) is 2.92. The first-order chi connectivity index (χ1) is 7.49. The maximum atomic E-state index is 11.3. The Morgan fingerprint density at radius 3 is 2.25 bits per heavy atom. The third-order valence-electron chi connectivity index (χ3n) is 2.63. The van der Waals surface area contributed by atoms with E-state index < -0.39 is 0 Å². The van der Waals surface area contributed by atoms with Gasteiger partial charge < -0.3 is 11.1 Å². The van der Waals surface area contributed by atoms with Gasteiger partial charge in [-0.3, -0.25) is 9.69 Å². The van der Waals surface area contributed by atoms with Crippen LogP contribution in [-0.2, 0) is 4.79 Å². The lowest BCUT2D eigenvalue weighted by molar-refractivity contribution is -0.121. The predicted molar refractivity (Wildman–Crippen MR) is 68.3 cm³/mol. The van der Waals surface area contributed by atoms with Crippen molar-refractivity contribution in [3.63, 3.8) is 0 Å². The normalized spacial score (nSPS) is 11.5. The van der Waals surface area contributed by atoms with E-state index in [2.05, 4.69) is 37.9 Å². The first-order valence-corrected chi connectivity index (χ1v) is 6.21. The Hall–Kier alpha value is -0.610. The Bertz CT molecular complexity index is 185. The summed E-state index contributed by atoms with van der Waals surface area (Å²) in [5.41, 5.74) is 5.34. The van der Waals surface area contributed by atoms with Crippen molar-refractivity contribution >= 4 is 5.91 Å². The van der Waals surface area contributed by atoms with Crippen LogP contribution in [0, 0.1) is 0 Å². The molecule has 0 rings (SSSR count). The molecule has 0 aliphatic heterocycles. The largest absolute Gasteiger partial charge is 0.355 e. The molecule has 0 saturated carbocycles. The number of nitrogens with one attached hydrogen (secondary N) is 1. The SMILES string of the molecule is CC(C)N(CCNC(=O)CCCN)C(C)C. The molecule has 96 valence electrons. The first kappa shape index (κ1) is 15.4. The molecule has 0 aromatic carbocycles. The predicted octanol–water partition coefficient (Wildman–Crippen LogP) is 0.960. The van der Waals surface area contributed by atoms with Gasteiger partial charge in [-0.25, -0.2) is 0 Å². The summed E-state index contributed by atoms with van der Waals surface area (Å²) in [6.45, 7) is 10.9. The van der Waals surface area contributed by atoms with Crippen molar-refractivity contribution in [2.24, 2.45) is 5.73 Å². The second kappa shape index (κ2) is 8.53. The van der Waals surface area contributed by atoms with Crippen molar-refractivity contribution < 1.29 is 4.79 Å². The van der Waals surface area contributed by atoms with Crippen molar-refractivity contribution in [2.45, 2.75) is 52.6 Å². The van der Waals surface area contributed by atoms with Crippen LogP contribution in [0.25, 0.3) is 0 Å². The highest BCUT2D eigenvalue weighted by atomic mass is 16.1. The molecule has 0 unspecified atom stereocenters. The lowest BCUT2D eigenvalue weighted by atomic mass is 10.2. The maximum Gasteiger partial charge on any atom is 0.220 e. The van der Waals surface area contributed by atoms with Crippen molar-refractivity contribution in [3.8, 4) is 0 Å². The Balaban J connectivity index is 3.73. The van der Waals surface area contributed by atoms with Crippen molar-refractivity contribution in [2.75, 3.05) is 19.6 Å². The van der Waals surface area contributed by atoms with Crippen molar-refractivity contribution in [1.29, 1.82) is 0 Å². The summed E-state index contributed by atoms with van der Waals surface area (Å²) in [6.07, 6.45) is 1.31. The van der Waals surface area contributed by atoms with Gasteiger partial charge in [-0.15, -0.1) is 0 Å². The quantitative estimate of drug-likeness (QED) is 0.652. The molecule has 0 aliphatic carbocycles. The smallest absolute Gasteiger partial charge is 0.220 e. The van der Waals surface area contributed by atoms with E-state index in [-0.39, 0.29) is 5.91 Å². The van der Waals surface area contributed by atoms with Gasteiger partial charge in [0.05, 0.1) is 0 Å².